The molecule has 1 fully saturated rings. The SMILES string of the molecule is O=C(C[NH+]1CCN(S(=O)(=O)c2ccc3ccccc3c2)CC1)Nc1ccccc1Br. The zero-order chi connectivity index (χ0) is 21.1. The Morgan fingerprint density at radius 2 is 1.63 bits per heavy atom. The number of nitrogens with one attached hydrogen (secondary N) is 2. The number of hydrogen-bond donors (Lipinski definition) is 2. The normalized spacial score (nSPS) is 15.9. The molecule has 1 amide bonds. The summed E-state index contributed by atoms with van der Waals surface area (Å²) in [5.74, 6) is -0.0808. The number of hydrogen-bond acceptors (Lipinski definition) is 3. The third-order valence-corrected chi connectivity index (χ3v) is 7.93. The molecule has 1 heterocycles. The Morgan fingerprint density at radius 3 is 2.37 bits per heavy atom. The monoisotopic (exact) mass is 488 g/mol. The number of para-hydroxylation sites is 1. The number of carbonyl (C=O) groups is 1. The van der Waals surface area contributed by atoms with E-state index in [1.165, 1.54) is 4.31 Å². The maximum atomic E-state index is 13.1. The number of piperazine rings is 1. The first-order valence-corrected chi connectivity index (χ1v) is 12.0. The van der Waals surface area contributed by atoms with Gasteiger partial charge in [0.1, 0.15) is 0 Å². The second-order valence-corrected chi connectivity index (χ2v) is 10.2. The van der Waals surface area contributed by atoms with Crippen LogP contribution in [0.15, 0.2) is 76.1 Å². The first-order valence-electron chi connectivity index (χ1n) is 9.80. The average molecular weight is 489 g/mol. The van der Waals surface area contributed by atoms with E-state index >= 15 is 0 Å². The van der Waals surface area contributed by atoms with Gasteiger partial charge in [0.2, 0.25) is 10.0 Å². The van der Waals surface area contributed by atoms with Crippen LogP contribution in [0.3, 0.4) is 0 Å². The molecule has 0 saturated carbocycles. The van der Waals surface area contributed by atoms with Gasteiger partial charge < -0.3 is 10.2 Å². The van der Waals surface area contributed by atoms with Crippen LogP contribution in [-0.4, -0.2) is 51.4 Å². The summed E-state index contributed by atoms with van der Waals surface area (Å²) in [6, 6.07) is 20.4. The van der Waals surface area contributed by atoms with Crippen molar-refractivity contribution in [2.24, 2.45) is 0 Å². The van der Waals surface area contributed by atoms with Crippen molar-refractivity contribution in [1.82, 2.24) is 4.31 Å². The van der Waals surface area contributed by atoms with Crippen LogP contribution in [0.25, 0.3) is 10.8 Å². The third-order valence-electron chi connectivity index (χ3n) is 5.35. The van der Waals surface area contributed by atoms with Crippen molar-refractivity contribution in [2.45, 2.75) is 4.90 Å². The zero-order valence-corrected chi connectivity index (χ0v) is 18.7. The number of nitrogens with zero attached hydrogens (tertiary/aromatic N) is 1. The molecule has 8 heteroatoms. The fraction of sp³-hybridized carbons (Fsp3) is 0.227. The lowest BCUT2D eigenvalue weighted by Gasteiger charge is -2.31. The molecule has 0 aromatic heterocycles. The molecule has 0 radical (unpaired) electrons. The molecule has 0 aliphatic carbocycles. The molecule has 2 N–H and O–H groups in total. The van der Waals surface area contributed by atoms with Gasteiger partial charge in [-0.15, -0.1) is 0 Å². The summed E-state index contributed by atoms with van der Waals surface area (Å²) in [5.41, 5.74) is 0.736. The predicted molar refractivity (Wildman–Crippen MR) is 121 cm³/mol. The molecular weight excluding hydrogens is 466 g/mol. The van der Waals surface area contributed by atoms with Crippen LogP contribution in [0, 0.1) is 0 Å². The van der Waals surface area contributed by atoms with Crippen LogP contribution in [0.2, 0.25) is 0 Å². The van der Waals surface area contributed by atoms with Gasteiger partial charge in [0.15, 0.2) is 6.54 Å². The minimum absolute atomic E-state index is 0.0808. The van der Waals surface area contributed by atoms with Crippen LogP contribution >= 0.6 is 15.9 Å². The molecular formula is C22H23BrN3O3S+. The maximum absolute atomic E-state index is 13.1. The first kappa shape index (κ1) is 21.0. The van der Waals surface area contributed by atoms with Crippen molar-refractivity contribution >= 4 is 48.3 Å². The summed E-state index contributed by atoms with van der Waals surface area (Å²) >= 11 is 3.42. The summed E-state index contributed by atoms with van der Waals surface area (Å²) in [4.78, 5) is 13.8. The Kier molecular flexibility index (Phi) is 6.19. The summed E-state index contributed by atoms with van der Waals surface area (Å²) in [7, 11) is -3.55. The Labute approximate surface area is 184 Å². The molecule has 6 nitrogen and oxygen atoms in total. The molecule has 156 valence electrons. The Bertz CT molecular complexity index is 1170. The molecule has 4 rings (SSSR count). The van der Waals surface area contributed by atoms with Crippen molar-refractivity contribution in [3.63, 3.8) is 0 Å². The van der Waals surface area contributed by atoms with Crippen LogP contribution in [0.4, 0.5) is 5.69 Å². The molecule has 0 atom stereocenters. The van der Waals surface area contributed by atoms with E-state index in [2.05, 4.69) is 21.2 Å². The molecule has 0 unspecified atom stereocenters. The fourth-order valence-electron chi connectivity index (χ4n) is 3.68. The van der Waals surface area contributed by atoms with Gasteiger partial charge in [-0.3, -0.25) is 4.79 Å². The van der Waals surface area contributed by atoms with E-state index in [1.807, 2.05) is 54.6 Å². The summed E-state index contributed by atoms with van der Waals surface area (Å²) in [6.45, 7) is 2.29. The van der Waals surface area contributed by atoms with Gasteiger partial charge in [0, 0.05) is 4.47 Å². The molecule has 1 aliphatic rings. The van der Waals surface area contributed by atoms with Crippen LogP contribution in [-0.2, 0) is 14.8 Å². The molecule has 3 aromatic rings. The smallest absolute Gasteiger partial charge is 0.279 e. The second kappa shape index (κ2) is 8.85. The highest BCUT2D eigenvalue weighted by Crippen LogP contribution is 2.22. The standard InChI is InChI=1S/C22H22BrN3O3S/c23-20-7-3-4-8-21(20)24-22(27)16-25-11-13-26(14-12-25)30(28,29)19-10-9-17-5-1-2-6-18(17)15-19/h1-10,15H,11-14,16H2,(H,24,27)/p+1. The molecule has 0 spiro atoms. The van der Waals surface area contributed by atoms with Crippen molar-refractivity contribution in [1.29, 1.82) is 0 Å². The van der Waals surface area contributed by atoms with Gasteiger partial charge >= 0.3 is 0 Å². The quantitative estimate of drug-likeness (QED) is 0.577. The topological polar surface area (TPSA) is 70.9 Å². The van der Waals surface area contributed by atoms with Crippen molar-refractivity contribution < 1.29 is 18.1 Å². The van der Waals surface area contributed by atoms with Crippen molar-refractivity contribution in [3.05, 3.63) is 71.2 Å². The highest BCUT2D eigenvalue weighted by molar-refractivity contribution is 9.10. The van der Waals surface area contributed by atoms with E-state index in [9.17, 15) is 13.2 Å². The van der Waals surface area contributed by atoms with E-state index in [1.54, 1.807) is 12.1 Å². The highest BCUT2D eigenvalue weighted by Gasteiger charge is 2.31. The number of rotatable bonds is 5. The maximum Gasteiger partial charge on any atom is 0.279 e. The number of anilines is 1. The molecule has 1 saturated heterocycles. The number of sulfonamides is 1. The van der Waals surface area contributed by atoms with Crippen molar-refractivity contribution in [3.8, 4) is 0 Å². The summed E-state index contributed by atoms with van der Waals surface area (Å²) < 4.78 is 28.5. The minimum atomic E-state index is -3.55. The van der Waals surface area contributed by atoms with E-state index < -0.39 is 10.0 Å². The van der Waals surface area contributed by atoms with Gasteiger partial charge in [-0.05, 0) is 51.0 Å². The lowest BCUT2D eigenvalue weighted by atomic mass is 10.1. The number of amides is 1. The average Bonchev–Trinajstić information content (AvgIpc) is 2.75. The molecule has 1 aliphatic heterocycles. The molecule has 3 aromatic carbocycles. The molecule has 0 bridgehead atoms. The van der Waals surface area contributed by atoms with Gasteiger partial charge in [0.05, 0.1) is 36.8 Å². The van der Waals surface area contributed by atoms with Gasteiger partial charge in [-0.1, -0.05) is 42.5 Å². The van der Waals surface area contributed by atoms with E-state index in [4.69, 9.17) is 0 Å². The third kappa shape index (κ3) is 4.57. The summed E-state index contributed by atoms with van der Waals surface area (Å²) in [5, 5.41) is 4.83. The fourth-order valence-corrected chi connectivity index (χ4v) is 5.54. The zero-order valence-electron chi connectivity index (χ0n) is 16.3. The van der Waals surface area contributed by atoms with Gasteiger partial charge in [0.25, 0.3) is 5.91 Å². The van der Waals surface area contributed by atoms with E-state index in [-0.39, 0.29) is 5.91 Å². The van der Waals surface area contributed by atoms with Crippen LogP contribution in [0.1, 0.15) is 0 Å². The van der Waals surface area contributed by atoms with E-state index in [0.29, 0.717) is 37.6 Å². The van der Waals surface area contributed by atoms with Crippen molar-refractivity contribution in [2.75, 3.05) is 38.0 Å². The highest BCUT2D eigenvalue weighted by atomic mass is 79.9. The number of fused-ring (bicyclic) bond motifs is 1. The number of quaternary nitrogens is 1. The lowest BCUT2D eigenvalue weighted by molar-refractivity contribution is -0.895. The van der Waals surface area contributed by atoms with Gasteiger partial charge in [-0.25, -0.2) is 8.42 Å². The second-order valence-electron chi connectivity index (χ2n) is 7.37. The lowest BCUT2D eigenvalue weighted by Crippen LogP contribution is -3.15. The Hall–Kier alpha value is -2.26. The van der Waals surface area contributed by atoms with Crippen LogP contribution < -0.4 is 10.2 Å². The minimum Gasteiger partial charge on any atom is -0.325 e. The Morgan fingerprint density at radius 1 is 0.967 bits per heavy atom. The first-order chi connectivity index (χ1) is 14.4. The Balaban J connectivity index is 1.37. The molecule has 30 heavy (non-hydrogen) atoms. The van der Waals surface area contributed by atoms with Gasteiger partial charge in [-0.2, -0.15) is 4.31 Å². The number of halogens is 1. The number of benzene rings is 3. The van der Waals surface area contributed by atoms with Crippen LogP contribution in [0.5, 0.6) is 0 Å². The van der Waals surface area contributed by atoms with E-state index in [0.717, 1.165) is 25.8 Å². The predicted octanol–water partition coefficient (Wildman–Crippen LogP) is 2.13. The number of carbonyl (C=O) groups excluding carboxylic acids is 1. The largest absolute Gasteiger partial charge is 0.325 e. The summed E-state index contributed by atoms with van der Waals surface area (Å²) in [6.07, 6.45) is 0.